The number of rotatable bonds is 4. The van der Waals surface area contributed by atoms with Crippen molar-refractivity contribution in [1.29, 1.82) is 0 Å². The first-order valence-electron chi connectivity index (χ1n) is 6.54. The van der Waals surface area contributed by atoms with Crippen molar-refractivity contribution in [2.75, 3.05) is 26.2 Å². The van der Waals surface area contributed by atoms with Crippen LogP contribution in [0.1, 0.15) is 47.0 Å². The molecule has 0 saturated carbocycles. The molecule has 1 rings (SSSR count). The molecule has 0 aromatic rings. The van der Waals surface area contributed by atoms with E-state index in [0.717, 1.165) is 26.2 Å². The lowest BCUT2D eigenvalue weighted by Gasteiger charge is -2.45. The number of hydrogen-bond acceptors (Lipinski definition) is 2. The normalized spacial score (nSPS) is 21.9. The lowest BCUT2D eigenvalue weighted by molar-refractivity contribution is -0.131. The van der Waals surface area contributed by atoms with E-state index in [1.54, 1.807) is 6.92 Å². The van der Waals surface area contributed by atoms with Crippen LogP contribution in [0.4, 0.5) is 0 Å². The molecular formula is C13H26N2O. The van der Waals surface area contributed by atoms with Crippen LogP contribution in [0, 0.1) is 0 Å². The van der Waals surface area contributed by atoms with Gasteiger partial charge in [0.25, 0.3) is 0 Å². The standard InChI is InChI=1S/C13H26N2O/c1-5-7-13(4,6-2)15-10-8-14(9-11-15)12(3)16/h5-11H2,1-4H3. The van der Waals surface area contributed by atoms with E-state index in [0.29, 0.717) is 5.54 Å². The van der Waals surface area contributed by atoms with Crippen LogP contribution in [0.2, 0.25) is 0 Å². The molecule has 0 bridgehead atoms. The zero-order valence-corrected chi connectivity index (χ0v) is 11.3. The molecule has 0 aliphatic carbocycles. The molecular weight excluding hydrogens is 200 g/mol. The number of carbonyl (C=O) groups is 1. The topological polar surface area (TPSA) is 23.6 Å². The van der Waals surface area contributed by atoms with Gasteiger partial charge in [-0.05, 0) is 19.8 Å². The maximum Gasteiger partial charge on any atom is 0.219 e. The molecule has 3 heteroatoms. The summed E-state index contributed by atoms with van der Waals surface area (Å²) in [6.45, 7) is 12.4. The highest BCUT2D eigenvalue weighted by atomic mass is 16.2. The molecule has 0 radical (unpaired) electrons. The SMILES string of the molecule is CCCC(C)(CC)N1CCN(C(C)=O)CC1. The van der Waals surface area contributed by atoms with Crippen LogP contribution >= 0.6 is 0 Å². The molecule has 1 aliphatic rings. The van der Waals surface area contributed by atoms with Crippen molar-refractivity contribution in [3.63, 3.8) is 0 Å². The summed E-state index contributed by atoms with van der Waals surface area (Å²) < 4.78 is 0. The highest BCUT2D eigenvalue weighted by Gasteiger charge is 2.31. The van der Waals surface area contributed by atoms with Crippen molar-refractivity contribution < 1.29 is 4.79 Å². The number of carbonyl (C=O) groups excluding carboxylic acids is 1. The van der Waals surface area contributed by atoms with Crippen LogP contribution in [-0.4, -0.2) is 47.4 Å². The van der Waals surface area contributed by atoms with E-state index in [2.05, 4.69) is 25.7 Å². The number of hydrogen-bond donors (Lipinski definition) is 0. The van der Waals surface area contributed by atoms with E-state index >= 15 is 0 Å². The Kier molecular flexibility index (Phi) is 4.78. The largest absolute Gasteiger partial charge is 0.340 e. The molecule has 1 fully saturated rings. The fourth-order valence-corrected chi connectivity index (χ4v) is 2.66. The molecule has 1 heterocycles. The minimum Gasteiger partial charge on any atom is -0.340 e. The van der Waals surface area contributed by atoms with Gasteiger partial charge in [-0.25, -0.2) is 0 Å². The van der Waals surface area contributed by atoms with Gasteiger partial charge in [0.2, 0.25) is 5.91 Å². The first-order valence-corrected chi connectivity index (χ1v) is 6.54. The minimum atomic E-state index is 0.216. The third-order valence-electron chi connectivity index (χ3n) is 4.04. The molecule has 1 saturated heterocycles. The Balaban J connectivity index is 2.54. The molecule has 1 atom stereocenters. The maximum absolute atomic E-state index is 11.3. The number of piperazine rings is 1. The predicted octanol–water partition coefficient (Wildman–Crippen LogP) is 2.12. The van der Waals surface area contributed by atoms with Gasteiger partial charge in [-0.1, -0.05) is 20.3 Å². The highest BCUT2D eigenvalue weighted by molar-refractivity contribution is 5.73. The van der Waals surface area contributed by atoms with Crippen LogP contribution in [-0.2, 0) is 4.79 Å². The van der Waals surface area contributed by atoms with E-state index in [-0.39, 0.29) is 5.91 Å². The van der Waals surface area contributed by atoms with E-state index in [4.69, 9.17) is 0 Å². The zero-order chi connectivity index (χ0) is 12.2. The van der Waals surface area contributed by atoms with Crippen molar-refractivity contribution in [3.05, 3.63) is 0 Å². The molecule has 3 nitrogen and oxygen atoms in total. The average molecular weight is 226 g/mol. The van der Waals surface area contributed by atoms with Gasteiger partial charge in [-0.15, -0.1) is 0 Å². The quantitative estimate of drug-likeness (QED) is 0.733. The molecule has 0 aromatic carbocycles. The molecule has 16 heavy (non-hydrogen) atoms. The first-order chi connectivity index (χ1) is 7.53. The van der Waals surface area contributed by atoms with Gasteiger partial charge in [-0.3, -0.25) is 9.69 Å². The summed E-state index contributed by atoms with van der Waals surface area (Å²) in [6, 6.07) is 0. The van der Waals surface area contributed by atoms with Gasteiger partial charge in [-0.2, -0.15) is 0 Å². The van der Waals surface area contributed by atoms with Crippen LogP contribution < -0.4 is 0 Å². The summed E-state index contributed by atoms with van der Waals surface area (Å²) >= 11 is 0. The highest BCUT2D eigenvalue weighted by Crippen LogP contribution is 2.26. The maximum atomic E-state index is 11.3. The molecule has 0 spiro atoms. The van der Waals surface area contributed by atoms with E-state index in [1.165, 1.54) is 19.3 Å². The van der Waals surface area contributed by atoms with Crippen LogP contribution in [0.15, 0.2) is 0 Å². The smallest absolute Gasteiger partial charge is 0.219 e. The molecule has 0 aromatic heterocycles. The molecule has 0 N–H and O–H groups in total. The second kappa shape index (κ2) is 5.67. The van der Waals surface area contributed by atoms with Crippen molar-refractivity contribution >= 4 is 5.91 Å². The van der Waals surface area contributed by atoms with Gasteiger partial charge < -0.3 is 4.90 Å². The van der Waals surface area contributed by atoms with Crippen LogP contribution in [0.5, 0.6) is 0 Å². The molecule has 1 unspecified atom stereocenters. The van der Waals surface area contributed by atoms with Crippen LogP contribution in [0.3, 0.4) is 0 Å². The Bertz CT molecular complexity index is 234. The Morgan fingerprint density at radius 3 is 2.12 bits per heavy atom. The molecule has 1 aliphatic heterocycles. The fraction of sp³-hybridized carbons (Fsp3) is 0.923. The van der Waals surface area contributed by atoms with Gasteiger partial charge in [0.1, 0.15) is 0 Å². The zero-order valence-electron chi connectivity index (χ0n) is 11.3. The lowest BCUT2D eigenvalue weighted by atomic mass is 9.90. The summed E-state index contributed by atoms with van der Waals surface area (Å²) in [5.74, 6) is 0.216. The molecule has 94 valence electrons. The van der Waals surface area contributed by atoms with Gasteiger partial charge >= 0.3 is 0 Å². The predicted molar refractivity (Wildman–Crippen MR) is 67.4 cm³/mol. The van der Waals surface area contributed by atoms with Crippen molar-refractivity contribution in [2.24, 2.45) is 0 Å². The summed E-state index contributed by atoms with van der Waals surface area (Å²) in [6.07, 6.45) is 3.68. The fourth-order valence-electron chi connectivity index (χ4n) is 2.66. The van der Waals surface area contributed by atoms with Gasteiger partial charge in [0, 0.05) is 38.6 Å². The van der Waals surface area contributed by atoms with E-state index in [1.807, 2.05) is 4.90 Å². The Hall–Kier alpha value is -0.570. The van der Waals surface area contributed by atoms with Crippen LogP contribution in [0.25, 0.3) is 0 Å². The Morgan fingerprint density at radius 1 is 1.19 bits per heavy atom. The monoisotopic (exact) mass is 226 g/mol. The number of amides is 1. The third kappa shape index (κ3) is 2.97. The summed E-state index contributed by atoms with van der Waals surface area (Å²) in [4.78, 5) is 15.8. The van der Waals surface area contributed by atoms with Crippen molar-refractivity contribution in [2.45, 2.75) is 52.5 Å². The molecule has 1 amide bonds. The summed E-state index contributed by atoms with van der Waals surface area (Å²) in [5.41, 5.74) is 0.331. The Morgan fingerprint density at radius 2 is 1.75 bits per heavy atom. The van der Waals surface area contributed by atoms with E-state index in [9.17, 15) is 4.79 Å². The summed E-state index contributed by atoms with van der Waals surface area (Å²) in [7, 11) is 0. The van der Waals surface area contributed by atoms with Gasteiger partial charge in [0.15, 0.2) is 0 Å². The average Bonchev–Trinajstić information content (AvgIpc) is 2.29. The second-order valence-electron chi connectivity index (χ2n) is 5.09. The van der Waals surface area contributed by atoms with Crippen molar-refractivity contribution in [1.82, 2.24) is 9.80 Å². The lowest BCUT2D eigenvalue weighted by Crippen LogP contribution is -2.56. The van der Waals surface area contributed by atoms with Crippen molar-refractivity contribution in [3.8, 4) is 0 Å². The first kappa shape index (κ1) is 13.5. The van der Waals surface area contributed by atoms with Gasteiger partial charge in [0.05, 0.1) is 0 Å². The van der Waals surface area contributed by atoms with E-state index < -0.39 is 0 Å². The second-order valence-corrected chi connectivity index (χ2v) is 5.09. The minimum absolute atomic E-state index is 0.216. The number of nitrogens with zero attached hydrogens (tertiary/aromatic N) is 2. The summed E-state index contributed by atoms with van der Waals surface area (Å²) in [5, 5.41) is 0. The third-order valence-corrected chi connectivity index (χ3v) is 4.04. The Labute approximate surface area is 99.8 Å².